The number of likely N-dealkylation sites (N-methyl/N-ethyl adjacent to an activating group) is 1. The first-order valence-corrected chi connectivity index (χ1v) is 10.4. The second kappa shape index (κ2) is 7.95. The van der Waals surface area contributed by atoms with Crippen molar-refractivity contribution in [3.8, 4) is 0 Å². The lowest BCUT2D eigenvalue weighted by molar-refractivity contribution is -0.121. The van der Waals surface area contributed by atoms with Gasteiger partial charge in [0.05, 0.1) is 11.3 Å². The van der Waals surface area contributed by atoms with Crippen LogP contribution in [0, 0.1) is 13.8 Å². The van der Waals surface area contributed by atoms with Gasteiger partial charge in [-0.1, -0.05) is 25.1 Å². The summed E-state index contributed by atoms with van der Waals surface area (Å²) < 4.78 is 0. The fourth-order valence-corrected chi connectivity index (χ4v) is 4.04. The zero-order valence-corrected chi connectivity index (χ0v) is 17.7. The molecule has 0 saturated carbocycles. The lowest BCUT2D eigenvalue weighted by Crippen LogP contribution is -2.46. The van der Waals surface area contributed by atoms with Crippen LogP contribution in [0.15, 0.2) is 48.2 Å². The Hall–Kier alpha value is -3.12. The largest absolute Gasteiger partial charge is 0.502 e. The number of benzene rings is 2. The molecule has 0 unspecified atom stereocenters. The third-order valence-corrected chi connectivity index (χ3v) is 6.15. The summed E-state index contributed by atoms with van der Waals surface area (Å²) in [6.07, 6.45) is 0. The van der Waals surface area contributed by atoms with Gasteiger partial charge in [0.25, 0.3) is 5.91 Å². The van der Waals surface area contributed by atoms with Crippen molar-refractivity contribution in [1.29, 1.82) is 0 Å². The zero-order valence-electron chi connectivity index (χ0n) is 17.7. The Morgan fingerprint density at radius 1 is 0.833 bits per heavy atom. The molecule has 30 heavy (non-hydrogen) atoms. The second-order valence-electron chi connectivity index (χ2n) is 7.91. The van der Waals surface area contributed by atoms with Crippen LogP contribution in [0.1, 0.15) is 23.6 Å². The summed E-state index contributed by atoms with van der Waals surface area (Å²) in [5, 5.41) is 10.4. The minimum Gasteiger partial charge on any atom is -0.502 e. The molecule has 4 rings (SSSR count). The molecule has 2 aromatic rings. The van der Waals surface area contributed by atoms with Crippen LogP contribution in [-0.4, -0.2) is 54.5 Å². The molecule has 0 atom stereocenters. The number of aryl methyl sites for hydroxylation is 2. The molecular formula is C24H27N3O3. The van der Waals surface area contributed by atoms with Gasteiger partial charge in [0, 0.05) is 31.9 Å². The Kier molecular flexibility index (Phi) is 5.35. The number of imide groups is 1. The summed E-state index contributed by atoms with van der Waals surface area (Å²) in [4.78, 5) is 31.5. The van der Waals surface area contributed by atoms with Crippen LogP contribution in [0.2, 0.25) is 0 Å². The number of aliphatic hydroxyl groups is 1. The van der Waals surface area contributed by atoms with Crippen molar-refractivity contribution in [2.24, 2.45) is 0 Å². The highest BCUT2D eigenvalue weighted by Gasteiger charge is 2.40. The quantitative estimate of drug-likeness (QED) is 0.791. The molecule has 0 radical (unpaired) electrons. The summed E-state index contributed by atoms with van der Waals surface area (Å²) in [7, 11) is 0. The highest BCUT2D eigenvalue weighted by molar-refractivity contribution is 6.44. The average Bonchev–Trinajstić information content (AvgIpc) is 2.99. The van der Waals surface area contributed by atoms with Gasteiger partial charge < -0.3 is 14.9 Å². The maximum atomic E-state index is 13.1. The number of anilines is 2. The predicted molar refractivity (Wildman–Crippen MR) is 119 cm³/mol. The normalized spacial score (nSPS) is 18.0. The Bertz CT molecular complexity index is 1020. The summed E-state index contributed by atoms with van der Waals surface area (Å²) in [6, 6.07) is 12.9. The van der Waals surface area contributed by atoms with E-state index in [-0.39, 0.29) is 5.57 Å². The lowest BCUT2D eigenvalue weighted by atomic mass is 10.00. The fraction of sp³-hybridized carbons (Fsp3) is 0.333. The molecule has 2 aliphatic heterocycles. The number of hydrogen-bond donors (Lipinski definition) is 1. The van der Waals surface area contributed by atoms with Gasteiger partial charge in [-0.05, 0) is 61.3 Å². The van der Waals surface area contributed by atoms with E-state index in [1.54, 1.807) is 18.2 Å². The SMILES string of the molecule is CCN1CCN(c2ccc(N3C(=O)C(O)=C(c4ccc(C)c(C)c4)C3=O)cc2)CC1. The molecule has 1 saturated heterocycles. The monoisotopic (exact) mass is 405 g/mol. The highest BCUT2D eigenvalue weighted by atomic mass is 16.3. The van der Waals surface area contributed by atoms with Crippen molar-refractivity contribution in [3.63, 3.8) is 0 Å². The number of amides is 2. The summed E-state index contributed by atoms with van der Waals surface area (Å²) in [6.45, 7) is 11.1. The van der Waals surface area contributed by atoms with Gasteiger partial charge in [-0.15, -0.1) is 0 Å². The Morgan fingerprint density at radius 3 is 2.07 bits per heavy atom. The fourth-order valence-electron chi connectivity index (χ4n) is 4.04. The lowest BCUT2D eigenvalue weighted by Gasteiger charge is -2.35. The Morgan fingerprint density at radius 2 is 1.47 bits per heavy atom. The van der Waals surface area contributed by atoms with E-state index in [0.717, 1.165) is 54.4 Å². The van der Waals surface area contributed by atoms with E-state index in [4.69, 9.17) is 0 Å². The van der Waals surface area contributed by atoms with E-state index in [0.29, 0.717) is 11.3 Å². The molecule has 1 fully saturated rings. The van der Waals surface area contributed by atoms with Crippen LogP contribution in [-0.2, 0) is 9.59 Å². The van der Waals surface area contributed by atoms with Crippen LogP contribution in [0.25, 0.3) is 5.57 Å². The first kappa shape index (κ1) is 20.2. The van der Waals surface area contributed by atoms with E-state index in [1.807, 2.05) is 38.1 Å². The molecule has 0 spiro atoms. The highest BCUT2D eigenvalue weighted by Crippen LogP contribution is 2.33. The maximum absolute atomic E-state index is 13.1. The number of carbonyl (C=O) groups is 2. The minimum atomic E-state index is -0.683. The minimum absolute atomic E-state index is 0.0582. The van der Waals surface area contributed by atoms with E-state index in [9.17, 15) is 14.7 Å². The summed E-state index contributed by atoms with van der Waals surface area (Å²) in [5.41, 5.74) is 4.23. The number of piperazine rings is 1. The van der Waals surface area contributed by atoms with Crippen LogP contribution in [0.3, 0.4) is 0 Å². The molecule has 2 aliphatic rings. The van der Waals surface area contributed by atoms with E-state index >= 15 is 0 Å². The third kappa shape index (κ3) is 3.48. The Balaban J connectivity index is 1.56. The van der Waals surface area contributed by atoms with Gasteiger partial charge >= 0.3 is 5.91 Å². The third-order valence-electron chi connectivity index (χ3n) is 6.15. The van der Waals surface area contributed by atoms with E-state index in [1.165, 1.54) is 0 Å². The Labute approximate surface area is 177 Å². The van der Waals surface area contributed by atoms with Crippen molar-refractivity contribution in [2.75, 3.05) is 42.5 Å². The van der Waals surface area contributed by atoms with Crippen LogP contribution in [0.5, 0.6) is 0 Å². The van der Waals surface area contributed by atoms with E-state index < -0.39 is 17.6 Å². The van der Waals surface area contributed by atoms with Gasteiger partial charge in [0.2, 0.25) is 0 Å². The van der Waals surface area contributed by atoms with Crippen LogP contribution < -0.4 is 9.80 Å². The molecule has 0 aliphatic carbocycles. The number of rotatable bonds is 4. The number of aliphatic hydroxyl groups excluding tert-OH is 1. The molecule has 6 heteroatoms. The van der Waals surface area contributed by atoms with Gasteiger partial charge in [-0.2, -0.15) is 0 Å². The number of hydrogen-bond acceptors (Lipinski definition) is 5. The molecule has 1 N–H and O–H groups in total. The molecule has 0 aromatic heterocycles. The number of carbonyl (C=O) groups excluding carboxylic acids is 2. The van der Waals surface area contributed by atoms with Gasteiger partial charge in [0.15, 0.2) is 5.76 Å². The van der Waals surface area contributed by atoms with E-state index in [2.05, 4.69) is 16.7 Å². The van der Waals surface area contributed by atoms with Crippen molar-refractivity contribution in [3.05, 3.63) is 64.9 Å². The molecule has 2 amide bonds. The summed E-state index contributed by atoms with van der Waals surface area (Å²) >= 11 is 0. The van der Waals surface area contributed by atoms with Crippen molar-refractivity contribution < 1.29 is 14.7 Å². The summed E-state index contributed by atoms with van der Waals surface area (Å²) in [5.74, 6) is -1.68. The van der Waals surface area contributed by atoms with Crippen molar-refractivity contribution in [2.45, 2.75) is 20.8 Å². The average molecular weight is 405 g/mol. The maximum Gasteiger partial charge on any atom is 0.301 e. The van der Waals surface area contributed by atoms with Crippen molar-refractivity contribution >= 4 is 28.8 Å². The topological polar surface area (TPSA) is 64.1 Å². The van der Waals surface area contributed by atoms with Crippen molar-refractivity contribution in [1.82, 2.24) is 4.90 Å². The van der Waals surface area contributed by atoms with Crippen LogP contribution in [0.4, 0.5) is 11.4 Å². The molecular weight excluding hydrogens is 378 g/mol. The molecule has 6 nitrogen and oxygen atoms in total. The molecule has 156 valence electrons. The zero-order chi connectivity index (χ0) is 21.4. The smallest absolute Gasteiger partial charge is 0.301 e. The van der Waals surface area contributed by atoms with Gasteiger partial charge in [-0.3, -0.25) is 9.59 Å². The number of nitrogens with zero attached hydrogens (tertiary/aromatic N) is 3. The molecule has 2 heterocycles. The van der Waals surface area contributed by atoms with Gasteiger partial charge in [0.1, 0.15) is 0 Å². The van der Waals surface area contributed by atoms with Crippen LogP contribution >= 0.6 is 0 Å². The second-order valence-corrected chi connectivity index (χ2v) is 7.91. The predicted octanol–water partition coefficient (Wildman–Crippen LogP) is 3.29. The molecule has 0 bridgehead atoms. The first-order valence-electron chi connectivity index (χ1n) is 10.4. The first-order chi connectivity index (χ1) is 14.4. The standard InChI is InChI=1S/C24H27N3O3/c1-4-25-11-13-26(14-12-25)19-7-9-20(10-8-19)27-23(29)21(22(28)24(27)30)18-6-5-16(2)17(3)15-18/h5-10,15,28H,4,11-14H2,1-3H3. The van der Waals surface area contributed by atoms with Gasteiger partial charge in [-0.25, -0.2) is 4.90 Å². The molecule has 2 aromatic carbocycles.